The van der Waals surface area contributed by atoms with E-state index < -0.39 is 0 Å². The lowest BCUT2D eigenvalue weighted by molar-refractivity contribution is 0.0933. The molecule has 2 N–H and O–H groups in total. The van der Waals surface area contributed by atoms with E-state index in [0.29, 0.717) is 34.9 Å². The van der Waals surface area contributed by atoms with Crippen molar-refractivity contribution in [3.8, 4) is 17.1 Å². The van der Waals surface area contributed by atoms with Gasteiger partial charge in [0.1, 0.15) is 5.69 Å². The molecule has 40 heavy (non-hydrogen) atoms. The summed E-state index contributed by atoms with van der Waals surface area (Å²) < 4.78 is 8.83. The summed E-state index contributed by atoms with van der Waals surface area (Å²) in [5, 5.41) is 22.1. The lowest BCUT2D eigenvalue weighted by Crippen LogP contribution is -2.32. The molecule has 0 bridgehead atoms. The molecule has 4 rings (SSSR count). The molecule has 11 nitrogen and oxygen atoms in total. The van der Waals surface area contributed by atoms with Gasteiger partial charge in [0.05, 0.1) is 37.1 Å². The summed E-state index contributed by atoms with van der Waals surface area (Å²) in [6.07, 6.45) is 4.86. The number of aromatic nitrogens is 6. The first-order valence-electron chi connectivity index (χ1n) is 13.0. The van der Waals surface area contributed by atoms with Crippen molar-refractivity contribution in [2.24, 2.45) is 5.41 Å². The fourth-order valence-electron chi connectivity index (χ4n) is 3.97. The summed E-state index contributed by atoms with van der Waals surface area (Å²) in [6.45, 7) is 14.8. The number of aryl methyl sites for hydroxylation is 1. The van der Waals surface area contributed by atoms with Gasteiger partial charge < -0.3 is 15.4 Å². The molecule has 0 aliphatic rings. The zero-order chi connectivity index (χ0) is 29.2. The Morgan fingerprint density at radius 3 is 2.33 bits per heavy atom. The van der Waals surface area contributed by atoms with Crippen LogP contribution in [0.15, 0.2) is 48.9 Å². The average Bonchev–Trinajstić information content (AvgIpc) is 3.59. The number of amides is 2. The van der Waals surface area contributed by atoms with Crippen LogP contribution < -0.4 is 15.4 Å². The van der Waals surface area contributed by atoms with E-state index in [1.54, 1.807) is 42.5 Å². The van der Waals surface area contributed by atoms with Gasteiger partial charge in [-0.1, -0.05) is 58.0 Å². The standard InChI is InChI=1S/C29H36N8O3/c1-18-9-10-19(13-23(18)37-16-22(33-35-37)27(39)30-17-28(2,3)4)26(38)32-21-14-20(29(5,6)7)15-24(25(21)40-8)36-12-11-31-34-36/h9-16H,17H2,1-8H3,(H,30,39)(H,32,38). The molecule has 0 saturated heterocycles. The van der Waals surface area contributed by atoms with Crippen molar-refractivity contribution in [1.82, 2.24) is 35.3 Å². The lowest BCUT2D eigenvalue weighted by atomic mass is 9.86. The third kappa shape index (κ3) is 6.36. The molecule has 2 heterocycles. The van der Waals surface area contributed by atoms with Crippen molar-refractivity contribution in [3.05, 3.63) is 71.3 Å². The van der Waals surface area contributed by atoms with Gasteiger partial charge in [0, 0.05) is 12.1 Å². The molecule has 2 amide bonds. The summed E-state index contributed by atoms with van der Waals surface area (Å²) in [6, 6.07) is 9.17. The van der Waals surface area contributed by atoms with Crippen LogP contribution in [0.3, 0.4) is 0 Å². The van der Waals surface area contributed by atoms with Crippen LogP contribution in [-0.2, 0) is 5.41 Å². The number of nitrogens with zero attached hydrogens (tertiary/aromatic N) is 6. The SMILES string of the molecule is COc1c(NC(=O)c2ccc(C)c(-n3cc(C(=O)NCC(C)(C)C)nn3)c2)cc(C(C)(C)C)cc1-n1ccnn1. The molecular formula is C29H36N8O3. The summed E-state index contributed by atoms with van der Waals surface area (Å²) in [4.78, 5) is 26.1. The van der Waals surface area contributed by atoms with E-state index in [1.807, 2.05) is 45.9 Å². The first kappa shape index (κ1) is 28.5. The third-order valence-electron chi connectivity index (χ3n) is 6.28. The molecular weight excluding hydrogens is 508 g/mol. The Morgan fingerprint density at radius 1 is 0.950 bits per heavy atom. The molecule has 0 atom stereocenters. The highest BCUT2D eigenvalue weighted by Gasteiger charge is 2.23. The van der Waals surface area contributed by atoms with Crippen LogP contribution in [0.2, 0.25) is 0 Å². The molecule has 210 valence electrons. The van der Waals surface area contributed by atoms with Gasteiger partial charge in [0.2, 0.25) is 0 Å². The Kier molecular flexibility index (Phi) is 7.77. The highest BCUT2D eigenvalue weighted by atomic mass is 16.5. The number of rotatable bonds is 7. The van der Waals surface area contributed by atoms with E-state index in [-0.39, 0.29) is 28.3 Å². The Labute approximate surface area is 233 Å². The van der Waals surface area contributed by atoms with E-state index >= 15 is 0 Å². The minimum absolute atomic E-state index is 0.0605. The van der Waals surface area contributed by atoms with E-state index in [1.165, 1.54) is 4.68 Å². The molecule has 0 aliphatic carbocycles. The van der Waals surface area contributed by atoms with Crippen LogP contribution in [0.4, 0.5) is 5.69 Å². The van der Waals surface area contributed by atoms with Crippen molar-refractivity contribution in [3.63, 3.8) is 0 Å². The van der Waals surface area contributed by atoms with Gasteiger partial charge in [-0.2, -0.15) is 0 Å². The maximum absolute atomic E-state index is 13.5. The Morgan fingerprint density at radius 2 is 1.70 bits per heavy atom. The van der Waals surface area contributed by atoms with Gasteiger partial charge in [0.15, 0.2) is 11.4 Å². The van der Waals surface area contributed by atoms with Gasteiger partial charge in [-0.25, -0.2) is 9.36 Å². The van der Waals surface area contributed by atoms with Crippen LogP contribution in [0.25, 0.3) is 11.4 Å². The van der Waals surface area contributed by atoms with Gasteiger partial charge in [-0.05, 0) is 53.1 Å². The molecule has 11 heteroatoms. The van der Waals surface area contributed by atoms with E-state index in [0.717, 1.165) is 11.1 Å². The molecule has 0 saturated carbocycles. The van der Waals surface area contributed by atoms with Crippen molar-refractivity contribution >= 4 is 17.5 Å². The van der Waals surface area contributed by atoms with E-state index in [9.17, 15) is 9.59 Å². The van der Waals surface area contributed by atoms with Crippen LogP contribution in [0.5, 0.6) is 5.75 Å². The Balaban J connectivity index is 1.65. The second kappa shape index (κ2) is 10.9. The second-order valence-corrected chi connectivity index (χ2v) is 11.9. The largest absolute Gasteiger partial charge is 0.492 e. The quantitative estimate of drug-likeness (QED) is 0.351. The predicted molar refractivity (Wildman–Crippen MR) is 152 cm³/mol. The number of carbonyl (C=O) groups excluding carboxylic acids is 2. The highest BCUT2D eigenvalue weighted by Crippen LogP contribution is 2.37. The number of anilines is 1. The molecule has 4 aromatic rings. The summed E-state index contributed by atoms with van der Waals surface area (Å²) >= 11 is 0. The maximum atomic E-state index is 13.5. The molecule has 0 fully saturated rings. The molecule has 2 aromatic carbocycles. The fraction of sp³-hybridized carbons (Fsp3) is 0.379. The fourth-order valence-corrected chi connectivity index (χ4v) is 3.97. The molecule has 0 aliphatic heterocycles. The molecule has 0 unspecified atom stereocenters. The molecule has 0 spiro atoms. The topological polar surface area (TPSA) is 129 Å². The van der Waals surface area contributed by atoms with Gasteiger partial charge >= 0.3 is 0 Å². The number of hydrogen-bond acceptors (Lipinski definition) is 7. The number of carbonyl (C=O) groups is 2. The highest BCUT2D eigenvalue weighted by molar-refractivity contribution is 6.06. The van der Waals surface area contributed by atoms with Gasteiger partial charge in [0.25, 0.3) is 11.8 Å². The zero-order valence-corrected chi connectivity index (χ0v) is 24.2. The summed E-state index contributed by atoms with van der Waals surface area (Å²) in [5.74, 6) is -0.179. The Bertz CT molecular complexity index is 1530. The van der Waals surface area contributed by atoms with Crippen molar-refractivity contribution < 1.29 is 14.3 Å². The minimum Gasteiger partial charge on any atom is -0.492 e. The lowest BCUT2D eigenvalue weighted by Gasteiger charge is -2.23. The van der Waals surface area contributed by atoms with E-state index in [2.05, 4.69) is 52.0 Å². The zero-order valence-electron chi connectivity index (χ0n) is 24.2. The number of nitrogens with one attached hydrogen (secondary N) is 2. The second-order valence-electron chi connectivity index (χ2n) is 11.9. The van der Waals surface area contributed by atoms with E-state index in [4.69, 9.17) is 4.74 Å². The number of hydrogen-bond donors (Lipinski definition) is 2. The number of ether oxygens (including phenoxy) is 1. The smallest absolute Gasteiger partial charge is 0.273 e. The predicted octanol–water partition coefficient (Wildman–Crippen LogP) is 4.49. The summed E-state index contributed by atoms with van der Waals surface area (Å²) in [7, 11) is 1.55. The number of methoxy groups -OCH3 is 1. The molecule has 2 aromatic heterocycles. The van der Waals surface area contributed by atoms with Crippen molar-refractivity contribution in [2.75, 3.05) is 19.0 Å². The third-order valence-corrected chi connectivity index (χ3v) is 6.28. The first-order valence-corrected chi connectivity index (χ1v) is 13.0. The van der Waals surface area contributed by atoms with Crippen LogP contribution in [0, 0.1) is 12.3 Å². The average molecular weight is 545 g/mol. The normalized spacial score (nSPS) is 11.8. The van der Waals surface area contributed by atoms with Crippen molar-refractivity contribution in [1.29, 1.82) is 0 Å². The van der Waals surface area contributed by atoms with Crippen LogP contribution >= 0.6 is 0 Å². The van der Waals surface area contributed by atoms with Crippen molar-refractivity contribution in [2.45, 2.75) is 53.9 Å². The van der Waals surface area contributed by atoms with Gasteiger partial charge in [-0.15, -0.1) is 10.2 Å². The van der Waals surface area contributed by atoms with Crippen LogP contribution in [-0.4, -0.2) is 55.5 Å². The van der Waals surface area contributed by atoms with Gasteiger partial charge in [-0.3, -0.25) is 9.59 Å². The monoisotopic (exact) mass is 544 g/mol. The maximum Gasteiger partial charge on any atom is 0.273 e. The first-order chi connectivity index (χ1) is 18.8. The molecule has 0 radical (unpaired) electrons. The Hall–Kier alpha value is -4.54. The summed E-state index contributed by atoms with van der Waals surface area (Å²) in [5.41, 5.74) is 3.98. The minimum atomic E-state index is -0.335. The van der Waals surface area contributed by atoms with Crippen LogP contribution in [0.1, 0.15) is 73.5 Å². The number of benzene rings is 2.